The standard InChI is InChI=1S/C12H18BrN3O2/c1-8(2)16(5-6-17)11-4-3-9(7-10(11)13)12(14)15-18/h3-4,7-8,17-18H,5-6H2,1-2H3,(H2,14,15). The van der Waals surface area contributed by atoms with Crippen molar-refractivity contribution in [3.8, 4) is 0 Å². The van der Waals surface area contributed by atoms with Crippen LogP contribution in [0.5, 0.6) is 0 Å². The lowest BCUT2D eigenvalue weighted by Crippen LogP contribution is -2.33. The largest absolute Gasteiger partial charge is 0.409 e. The van der Waals surface area contributed by atoms with Gasteiger partial charge in [-0.25, -0.2) is 0 Å². The number of hydrogen-bond acceptors (Lipinski definition) is 4. The molecule has 4 N–H and O–H groups in total. The number of halogens is 1. The van der Waals surface area contributed by atoms with Gasteiger partial charge in [0.05, 0.1) is 12.3 Å². The number of nitrogens with two attached hydrogens (primary N) is 1. The summed E-state index contributed by atoms with van der Waals surface area (Å²) >= 11 is 3.47. The molecule has 0 saturated heterocycles. The van der Waals surface area contributed by atoms with Crippen LogP contribution in [-0.4, -0.2) is 35.3 Å². The topological polar surface area (TPSA) is 82.1 Å². The maximum absolute atomic E-state index is 9.09. The van der Waals surface area contributed by atoms with Gasteiger partial charge in [-0.3, -0.25) is 0 Å². The zero-order chi connectivity index (χ0) is 13.7. The first-order chi connectivity index (χ1) is 8.51. The zero-order valence-corrected chi connectivity index (χ0v) is 12.1. The van der Waals surface area contributed by atoms with E-state index in [0.29, 0.717) is 12.1 Å². The van der Waals surface area contributed by atoms with Crippen LogP contribution < -0.4 is 10.6 Å². The lowest BCUT2D eigenvalue weighted by Gasteiger charge is -2.29. The summed E-state index contributed by atoms with van der Waals surface area (Å²) in [4.78, 5) is 2.07. The molecule has 1 rings (SSSR count). The van der Waals surface area contributed by atoms with E-state index in [1.807, 2.05) is 6.07 Å². The highest BCUT2D eigenvalue weighted by atomic mass is 79.9. The maximum atomic E-state index is 9.09. The SMILES string of the molecule is CC(C)N(CCO)c1ccc(/C(N)=N/O)cc1Br. The highest BCUT2D eigenvalue weighted by Crippen LogP contribution is 2.28. The number of amidine groups is 1. The fraction of sp³-hybridized carbons (Fsp3) is 0.417. The first kappa shape index (κ1) is 14.8. The van der Waals surface area contributed by atoms with E-state index in [1.165, 1.54) is 0 Å². The van der Waals surface area contributed by atoms with Gasteiger partial charge in [0.15, 0.2) is 5.84 Å². The highest BCUT2D eigenvalue weighted by Gasteiger charge is 2.14. The maximum Gasteiger partial charge on any atom is 0.170 e. The van der Waals surface area contributed by atoms with Gasteiger partial charge in [0, 0.05) is 22.6 Å². The second kappa shape index (κ2) is 6.61. The third kappa shape index (κ3) is 3.36. The second-order valence-electron chi connectivity index (χ2n) is 4.16. The third-order valence-electron chi connectivity index (χ3n) is 2.62. The summed E-state index contributed by atoms with van der Waals surface area (Å²) in [6.07, 6.45) is 0. The predicted octanol–water partition coefficient (Wildman–Crippen LogP) is 1.75. The van der Waals surface area contributed by atoms with Crippen LogP contribution in [-0.2, 0) is 0 Å². The van der Waals surface area contributed by atoms with E-state index >= 15 is 0 Å². The number of nitrogens with zero attached hydrogens (tertiary/aromatic N) is 2. The number of aliphatic hydroxyl groups is 1. The minimum Gasteiger partial charge on any atom is -0.409 e. The molecule has 0 aliphatic rings. The number of rotatable bonds is 5. The summed E-state index contributed by atoms with van der Waals surface area (Å²) in [5, 5.41) is 20.7. The average molecular weight is 316 g/mol. The molecule has 0 atom stereocenters. The monoisotopic (exact) mass is 315 g/mol. The Balaban J connectivity index is 3.10. The quantitative estimate of drug-likeness (QED) is 0.334. The summed E-state index contributed by atoms with van der Waals surface area (Å²) in [5.74, 6) is 0.0699. The van der Waals surface area contributed by atoms with E-state index in [2.05, 4.69) is 39.8 Å². The number of benzene rings is 1. The molecule has 0 aromatic heterocycles. The van der Waals surface area contributed by atoms with Crippen LogP contribution >= 0.6 is 15.9 Å². The third-order valence-corrected chi connectivity index (χ3v) is 3.26. The van der Waals surface area contributed by atoms with Gasteiger partial charge in [-0.05, 0) is 48.0 Å². The second-order valence-corrected chi connectivity index (χ2v) is 5.02. The van der Waals surface area contributed by atoms with Crippen molar-refractivity contribution in [1.82, 2.24) is 0 Å². The Labute approximate surface area is 115 Å². The van der Waals surface area contributed by atoms with Crippen molar-refractivity contribution in [2.45, 2.75) is 19.9 Å². The van der Waals surface area contributed by atoms with Crippen LogP contribution in [0.15, 0.2) is 27.8 Å². The molecule has 0 amide bonds. The van der Waals surface area contributed by atoms with E-state index in [-0.39, 0.29) is 18.5 Å². The molecule has 1 aromatic rings. The van der Waals surface area contributed by atoms with Crippen molar-refractivity contribution >= 4 is 27.5 Å². The van der Waals surface area contributed by atoms with E-state index < -0.39 is 0 Å². The molecule has 0 heterocycles. The number of aliphatic hydroxyl groups excluding tert-OH is 1. The van der Waals surface area contributed by atoms with Crippen molar-refractivity contribution in [2.75, 3.05) is 18.1 Å². The van der Waals surface area contributed by atoms with Crippen molar-refractivity contribution in [2.24, 2.45) is 10.9 Å². The van der Waals surface area contributed by atoms with Crippen LogP contribution in [0.2, 0.25) is 0 Å². The molecule has 1 aromatic carbocycles. The lowest BCUT2D eigenvalue weighted by atomic mass is 10.1. The molecule has 0 bridgehead atoms. The van der Waals surface area contributed by atoms with Gasteiger partial charge >= 0.3 is 0 Å². The highest BCUT2D eigenvalue weighted by molar-refractivity contribution is 9.10. The number of oxime groups is 1. The molecular weight excluding hydrogens is 298 g/mol. The molecule has 18 heavy (non-hydrogen) atoms. The van der Waals surface area contributed by atoms with E-state index in [1.54, 1.807) is 12.1 Å². The Bertz CT molecular complexity index is 435. The molecule has 0 spiro atoms. The molecule has 0 saturated carbocycles. The zero-order valence-electron chi connectivity index (χ0n) is 10.5. The first-order valence-corrected chi connectivity index (χ1v) is 6.45. The van der Waals surface area contributed by atoms with Crippen LogP contribution in [0.1, 0.15) is 19.4 Å². The Hall–Kier alpha value is -1.27. The summed E-state index contributed by atoms with van der Waals surface area (Å²) < 4.78 is 0.841. The molecule has 100 valence electrons. The number of hydrogen-bond donors (Lipinski definition) is 3. The normalized spacial score (nSPS) is 11.9. The minimum absolute atomic E-state index is 0.0699. The van der Waals surface area contributed by atoms with Crippen LogP contribution in [0.4, 0.5) is 5.69 Å². The first-order valence-electron chi connectivity index (χ1n) is 5.66. The summed E-state index contributed by atoms with van der Waals surface area (Å²) in [6.45, 7) is 4.75. The van der Waals surface area contributed by atoms with Crippen LogP contribution in [0.3, 0.4) is 0 Å². The van der Waals surface area contributed by atoms with Gasteiger partial charge in [-0.15, -0.1) is 0 Å². The molecule has 5 nitrogen and oxygen atoms in total. The Morgan fingerprint density at radius 3 is 2.61 bits per heavy atom. The van der Waals surface area contributed by atoms with Crippen molar-refractivity contribution in [3.05, 3.63) is 28.2 Å². The summed E-state index contributed by atoms with van der Waals surface area (Å²) in [7, 11) is 0. The Morgan fingerprint density at radius 2 is 2.17 bits per heavy atom. The van der Waals surface area contributed by atoms with Crippen molar-refractivity contribution in [3.63, 3.8) is 0 Å². The fourth-order valence-electron chi connectivity index (χ4n) is 1.72. The van der Waals surface area contributed by atoms with Crippen molar-refractivity contribution < 1.29 is 10.3 Å². The number of anilines is 1. The summed E-state index contributed by atoms with van der Waals surface area (Å²) in [5.41, 5.74) is 7.14. The predicted molar refractivity (Wildman–Crippen MR) is 76.2 cm³/mol. The van der Waals surface area contributed by atoms with Gasteiger partial charge in [0.2, 0.25) is 0 Å². The van der Waals surface area contributed by atoms with E-state index in [4.69, 9.17) is 16.0 Å². The van der Waals surface area contributed by atoms with Gasteiger partial charge in [0.1, 0.15) is 0 Å². The van der Waals surface area contributed by atoms with Gasteiger partial charge in [-0.2, -0.15) is 0 Å². The summed E-state index contributed by atoms with van der Waals surface area (Å²) in [6, 6.07) is 5.72. The van der Waals surface area contributed by atoms with E-state index in [9.17, 15) is 0 Å². The van der Waals surface area contributed by atoms with Gasteiger partial charge in [0.25, 0.3) is 0 Å². The van der Waals surface area contributed by atoms with Gasteiger partial charge in [-0.1, -0.05) is 5.16 Å². The molecule has 6 heteroatoms. The van der Waals surface area contributed by atoms with Crippen LogP contribution in [0, 0.1) is 0 Å². The molecule has 0 radical (unpaired) electrons. The molecular formula is C12H18BrN3O2. The minimum atomic E-state index is 0.0699. The molecule has 0 aliphatic carbocycles. The van der Waals surface area contributed by atoms with Crippen LogP contribution in [0.25, 0.3) is 0 Å². The average Bonchev–Trinajstić information content (AvgIpc) is 2.35. The van der Waals surface area contributed by atoms with Gasteiger partial charge < -0.3 is 20.9 Å². The fourth-order valence-corrected chi connectivity index (χ4v) is 2.33. The molecule has 0 unspecified atom stereocenters. The Morgan fingerprint density at radius 1 is 1.50 bits per heavy atom. The molecule has 0 fully saturated rings. The van der Waals surface area contributed by atoms with E-state index in [0.717, 1.165) is 10.2 Å². The van der Waals surface area contributed by atoms with Crippen molar-refractivity contribution in [1.29, 1.82) is 0 Å². The smallest absolute Gasteiger partial charge is 0.170 e. The molecule has 0 aliphatic heterocycles. The Kier molecular flexibility index (Phi) is 5.43. The lowest BCUT2D eigenvalue weighted by molar-refractivity contribution is 0.299.